The maximum Gasteiger partial charge on any atom is 0.353 e. The van der Waals surface area contributed by atoms with Crippen molar-refractivity contribution in [2.24, 2.45) is 16.5 Å². The predicted molar refractivity (Wildman–Crippen MR) is 64.7 cm³/mol. The first kappa shape index (κ1) is 12.4. The van der Waals surface area contributed by atoms with Gasteiger partial charge in [0.25, 0.3) is 0 Å². The van der Waals surface area contributed by atoms with Gasteiger partial charge in [0, 0.05) is 11.8 Å². The third-order valence-corrected chi connectivity index (χ3v) is 3.31. The van der Waals surface area contributed by atoms with Crippen molar-refractivity contribution in [2.75, 3.05) is 6.61 Å². The Hall–Kier alpha value is -1.06. The van der Waals surface area contributed by atoms with Crippen LogP contribution in [0, 0.1) is 11.3 Å². The summed E-state index contributed by atoms with van der Waals surface area (Å²) in [6.07, 6.45) is 2.88. The molecule has 0 aromatic rings. The predicted octanol–water partition coefficient (Wildman–Crippen LogP) is 2.52. The van der Waals surface area contributed by atoms with Crippen LogP contribution in [0.1, 0.15) is 47.0 Å². The molecule has 2 aliphatic rings. The van der Waals surface area contributed by atoms with E-state index < -0.39 is 5.60 Å². The maximum absolute atomic E-state index is 12.0. The highest BCUT2D eigenvalue weighted by Gasteiger charge is 2.46. The van der Waals surface area contributed by atoms with E-state index in [1.54, 1.807) is 6.92 Å². The number of nitrogens with zero attached hydrogens (tertiary/aromatic N) is 1. The molecule has 0 aromatic heterocycles. The lowest BCUT2D eigenvalue weighted by Gasteiger charge is -2.21. The average Bonchev–Trinajstić information content (AvgIpc) is 2.95. The molecule has 17 heavy (non-hydrogen) atoms. The van der Waals surface area contributed by atoms with Crippen LogP contribution in [-0.2, 0) is 14.4 Å². The number of ether oxygens (including phenoxy) is 1. The zero-order chi connectivity index (χ0) is 12.7. The summed E-state index contributed by atoms with van der Waals surface area (Å²) in [5.41, 5.74) is -0.0603. The van der Waals surface area contributed by atoms with Crippen molar-refractivity contribution in [2.45, 2.75) is 52.6 Å². The summed E-state index contributed by atoms with van der Waals surface area (Å²) in [4.78, 5) is 17.3. The highest BCUT2D eigenvalue weighted by molar-refractivity contribution is 5.96. The van der Waals surface area contributed by atoms with Gasteiger partial charge in [-0.2, -0.15) is 0 Å². The van der Waals surface area contributed by atoms with E-state index in [0.29, 0.717) is 18.9 Å². The third kappa shape index (κ3) is 2.79. The molecule has 96 valence electrons. The fourth-order valence-electron chi connectivity index (χ4n) is 1.68. The minimum absolute atomic E-state index is 0.0610. The van der Waals surface area contributed by atoms with Crippen LogP contribution >= 0.6 is 0 Å². The summed E-state index contributed by atoms with van der Waals surface area (Å²) in [5, 5.41) is 4.04. The molecule has 0 saturated heterocycles. The number of hydrogen-bond acceptors (Lipinski definition) is 4. The molecule has 4 heteroatoms. The van der Waals surface area contributed by atoms with Gasteiger partial charge in [-0.1, -0.05) is 25.9 Å². The Labute approximate surface area is 102 Å². The Kier molecular flexibility index (Phi) is 2.92. The molecule has 0 aromatic carbocycles. The molecule has 0 amide bonds. The summed E-state index contributed by atoms with van der Waals surface area (Å²) in [6, 6.07) is 0. The molecule has 0 bridgehead atoms. The van der Waals surface area contributed by atoms with Gasteiger partial charge in [0.2, 0.25) is 5.60 Å². The summed E-state index contributed by atoms with van der Waals surface area (Å²) >= 11 is 0. The van der Waals surface area contributed by atoms with E-state index in [1.807, 2.05) is 0 Å². The molecule has 1 unspecified atom stereocenters. The summed E-state index contributed by atoms with van der Waals surface area (Å²) < 4.78 is 5.28. The highest BCUT2D eigenvalue weighted by atomic mass is 16.7. The van der Waals surface area contributed by atoms with Crippen molar-refractivity contribution >= 4 is 11.7 Å². The normalized spacial score (nSPS) is 28.6. The van der Waals surface area contributed by atoms with Crippen molar-refractivity contribution in [3.05, 3.63) is 0 Å². The standard InChI is InChI=1S/C13H21NO3/c1-12(2,3)10-7-13(4,17-14-10)11(15)16-8-9-5-6-9/h9H,5-8H2,1-4H3. The average molecular weight is 239 g/mol. The first-order valence-electron chi connectivity index (χ1n) is 6.24. The molecule has 1 saturated carbocycles. The summed E-state index contributed by atoms with van der Waals surface area (Å²) in [7, 11) is 0. The fourth-order valence-corrected chi connectivity index (χ4v) is 1.68. The van der Waals surface area contributed by atoms with Gasteiger partial charge in [0.15, 0.2) is 0 Å². The lowest BCUT2D eigenvalue weighted by atomic mass is 9.84. The Morgan fingerprint density at radius 2 is 2.18 bits per heavy atom. The molecule has 0 radical (unpaired) electrons. The second kappa shape index (κ2) is 4.00. The SMILES string of the molecule is CC(C)(C)C1=NOC(C)(C(=O)OCC2CC2)C1. The Bertz CT molecular complexity index is 352. The maximum atomic E-state index is 12.0. The smallest absolute Gasteiger partial charge is 0.353 e. The quantitative estimate of drug-likeness (QED) is 0.711. The molecule has 1 fully saturated rings. The molecule has 0 N–H and O–H groups in total. The van der Waals surface area contributed by atoms with Gasteiger partial charge in [0.05, 0.1) is 12.3 Å². The van der Waals surface area contributed by atoms with E-state index in [1.165, 1.54) is 12.8 Å². The third-order valence-electron chi connectivity index (χ3n) is 3.31. The number of hydrogen-bond donors (Lipinski definition) is 0. The van der Waals surface area contributed by atoms with Crippen LogP contribution in [0.5, 0.6) is 0 Å². The zero-order valence-electron chi connectivity index (χ0n) is 11.1. The molecule has 1 atom stereocenters. The topological polar surface area (TPSA) is 47.9 Å². The largest absolute Gasteiger partial charge is 0.462 e. The lowest BCUT2D eigenvalue weighted by Crippen LogP contribution is -2.38. The molecule has 1 aliphatic heterocycles. The second-order valence-electron chi connectivity index (χ2n) is 6.33. The van der Waals surface area contributed by atoms with Gasteiger partial charge >= 0.3 is 5.97 Å². The minimum atomic E-state index is -0.919. The van der Waals surface area contributed by atoms with E-state index in [-0.39, 0.29) is 11.4 Å². The Balaban J connectivity index is 1.90. The van der Waals surface area contributed by atoms with Crippen LogP contribution in [0.15, 0.2) is 5.16 Å². The first-order chi connectivity index (χ1) is 7.81. The number of carbonyl (C=O) groups excluding carboxylic acids is 1. The van der Waals surface area contributed by atoms with Gasteiger partial charge in [-0.15, -0.1) is 0 Å². The summed E-state index contributed by atoms with van der Waals surface area (Å²) in [5.74, 6) is 0.291. The van der Waals surface area contributed by atoms with Crippen LogP contribution in [0.3, 0.4) is 0 Å². The molecule has 4 nitrogen and oxygen atoms in total. The zero-order valence-corrected chi connectivity index (χ0v) is 11.1. The number of oxime groups is 1. The molecule has 1 aliphatic carbocycles. The van der Waals surface area contributed by atoms with Gasteiger partial charge in [-0.3, -0.25) is 0 Å². The van der Waals surface area contributed by atoms with E-state index >= 15 is 0 Å². The minimum Gasteiger partial charge on any atom is -0.462 e. The van der Waals surface area contributed by atoms with Crippen LogP contribution in [-0.4, -0.2) is 23.9 Å². The number of rotatable bonds is 3. The van der Waals surface area contributed by atoms with Crippen LogP contribution in [0.25, 0.3) is 0 Å². The van der Waals surface area contributed by atoms with Crippen molar-refractivity contribution < 1.29 is 14.4 Å². The van der Waals surface area contributed by atoms with Crippen LogP contribution < -0.4 is 0 Å². The van der Waals surface area contributed by atoms with Crippen molar-refractivity contribution in [3.63, 3.8) is 0 Å². The molecule has 2 rings (SSSR count). The van der Waals surface area contributed by atoms with Crippen LogP contribution in [0.4, 0.5) is 0 Å². The second-order valence-corrected chi connectivity index (χ2v) is 6.33. The summed E-state index contributed by atoms with van der Waals surface area (Å²) in [6.45, 7) is 8.48. The van der Waals surface area contributed by atoms with E-state index in [4.69, 9.17) is 9.57 Å². The fraction of sp³-hybridized carbons (Fsp3) is 0.846. The van der Waals surface area contributed by atoms with Gasteiger partial charge in [-0.05, 0) is 25.7 Å². The van der Waals surface area contributed by atoms with Gasteiger partial charge in [-0.25, -0.2) is 4.79 Å². The lowest BCUT2D eigenvalue weighted by molar-refractivity contribution is -0.167. The van der Waals surface area contributed by atoms with Crippen molar-refractivity contribution in [3.8, 4) is 0 Å². The van der Waals surface area contributed by atoms with Crippen molar-refractivity contribution in [1.82, 2.24) is 0 Å². The molecular formula is C13H21NO3. The molecule has 0 spiro atoms. The van der Waals surface area contributed by atoms with E-state index in [9.17, 15) is 4.79 Å². The number of esters is 1. The van der Waals surface area contributed by atoms with Gasteiger partial charge < -0.3 is 9.57 Å². The highest BCUT2D eigenvalue weighted by Crippen LogP contribution is 2.34. The Morgan fingerprint density at radius 1 is 1.53 bits per heavy atom. The van der Waals surface area contributed by atoms with E-state index in [2.05, 4.69) is 25.9 Å². The Morgan fingerprint density at radius 3 is 2.65 bits per heavy atom. The van der Waals surface area contributed by atoms with Gasteiger partial charge in [0.1, 0.15) is 0 Å². The molecule has 1 heterocycles. The monoisotopic (exact) mass is 239 g/mol. The molecular weight excluding hydrogens is 218 g/mol. The number of carbonyl (C=O) groups is 1. The first-order valence-corrected chi connectivity index (χ1v) is 6.24. The van der Waals surface area contributed by atoms with E-state index in [0.717, 1.165) is 5.71 Å². The van der Waals surface area contributed by atoms with Crippen molar-refractivity contribution in [1.29, 1.82) is 0 Å². The van der Waals surface area contributed by atoms with Crippen LogP contribution in [0.2, 0.25) is 0 Å².